The molecule has 0 bridgehead atoms. The number of piperazine rings is 1. The first-order valence-corrected chi connectivity index (χ1v) is 8.64. The summed E-state index contributed by atoms with van der Waals surface area (Å²) in [5.41, 5.74) is 0.793. The van der Waals surface area contributed by atoms with Gasteiger partial charge in [-0.1, -0.05) is 6.07 Å². The molecule has 1 aromatic carbocycles. The van der Waals surface area contributed by atoms with Gasteiger partial charge < -0.3 is 5.32 Å². The molecule has 2 aromatic rings. The minimum Gasteiger partial charge on any atom is -0.314 e. The van der Waals surface area contributed by atoms with Crippen molar-refractivity contribution in [3.8, 4) is 0 Å². The lowest BCUT2D eigenvalue weighted by Crippen LogP contribution is -2.45. The Bertz CT molecular complexity index is 573. The molecule has 2 nitrogen and oxygen atoms in total. The van der Waals surface area contributed by atoms with Crippen molar-refractivity contribution in [2.24, 2.45) is 0 Å². The van der Waals surface area contributed by atoms with Crippen LogP contribution in [-0.4, -0.2) is 31.1 Å². The molecule has 0 spiro atoms. The van der Waals surface area contributed by atoms with Crippen LogP contribution in [0.1, 0.15) is 16.5 Å². The molecule has 1 atom stereocenters. The molecule has 0 saturated carbocycles. The first-order chi connectivity index (χ1) is 9.75. The van der Waals surface area contributed by atoms with E-state index in [1.807, 2.05) is 18.2 Å². The van der Waals surface area contributed by atoms with Crippen LogP contribution in [0.4, 0.5) is 4.39 Å². The monoisotopic (exact) mass is 438 g/mol. The van der Waals surface area contributed by atoms with Gasteiger partial charge in [-0.2, -0.15) is 0 Å². The summed E-state index contributed by atoms with van der Waals surface area (Å²) in [6.45, 7) is 3.84. The van der Waals surface area contributed by atoms with Gasteiger partial charge in [0.15, 0.2) is 0 Å². The highest BCUT2D eigenvalue weighted by Gasteiger charge is 2.27. The molecule has 1 saturated heterocycles. The molecule has 3 rings (SSSR count). The van der Waals surface area contributed by atoms with E-state index in [2.05, 4.69) is 44.3 Å². The maximum atomic E-state index is 14.3. The van der Waals surface area contributed by atoms with Crippen molar-refractivity contribution in [3.63, 3.8) is 0 Å². The number of nitrogens with zero attached hydrogens (tertiary/aromatic N) is 1. The number of hydrogen-bond acceptors (Lipinski definition) is 3. The van der Waals surface area contributed by atoms with E-state index in [4.69, 9.17) is 0 Å². The summed E-state index contributed by atoms with van der Waals surface area (Å²) in [5, 5.41) is 5.42. The smallest absolute Gasteiger partial charge is 0.128 e. The fourth-order valence-corrected chi connectivity index (χ4v) is 4.03. The number of halogens is 3. The third-order valence-electron chi connectivity index (χ3n) is 3.58. The summed E-state index contributed by atoms with van der Waals surface area (Å²) < 4.78 is 15.4. The largest absolute Gasteiger partial charge is 0.314 e. The maximum Gasteiger partial charge on any atom is 0.128 e. The number of thiophene rings is 1. The zero-order valence-electron chi connectivity index (χ0n) is 11.4. The molecule has 114 valence electrons. The molecule has 1 aliphatic rings. The second-order valence-electron chi connectivity index (χ2n) is 4.87. The molecule has 0 amide bonds. The quantitative estimate of drug-likeness (QED) is 0.731. The molecule has 1 aliphatic heterocycles. The van der Waals surface area contributed by atoms with Crippen LogP contribution in [0.2, 0.25) is 0 Å². The normalized spacial score (nSPS) is 17.2. The lowest BCUT2D eigenvalue weighted by Gasteiger charge is -2.35. The van der Waals surface area contributed by atoms with Crippen molar-refractivity contribution >= 4 is 46.3 Å². The number of benzene rings is 1. The van der Waals surface area contributed by atoms with Crippen molar-refractivity contribution in [3.05, 3.63) is 55.5 Å². The second-order valence-corrected chi connectivity index (χ2v) is 7.09. The Morgan fingerprint density at radius 3 is 2.67 bits per heavy atom. The molecule has 1 aromatic heterocycles. The predicted octanol–water partition coefficient (Wildman–Crippen LogP) is 3.91. The van der Waals surface area contributed by atoms with Crippen LogP contribution in [0.3, 0.4) is 0 Å². The van der Waals surface area contributed by atoms with E-state index in [1.54, 1.807) is 17.4 Å². The topological polar surface area (TPSA) is 15.3 Å². The van der Waals surface area contributed by atoms with Crippen molar-refractivity contribution in [1.29, 1.82) is 0 Å². The van der Waals surface area contributed by atoms with Crippen LogP contribution in [0.15, 0.2) is 35.7 Å². The predicted molar refractivity (Wildman–Crippen MR) is 97.0 cm³/mol. The van der Waals surface area contributed by atoms with Gasteiger partial charge in [0.2, 0.25) is 0 Å². The Morgan fingerprint density at radius 2 is 2.00 bits per heavy atom. The van der Waals surface area contributed by atoms with Crippen LogP contribution in [0, 0.1) is 9.39 Å². The second kappa shape index (κ2) is 7.87. The Morgan fingerprint density at radius 1 is 1.24 bits per heavy atom. The summed E-state index contributed by atoms with van der Waals surface area (Å²) in [6.07, 6.45) is 0. The molecule has 1 N–H and O–H groups in total. The molecular formula is C15H17ClFIN2S. The minimum absolute atomic E-state index is 0. The zero-order valence-corrected chi connectivity index (χ0v) is 15.2. The van der Waals surface area contributed by atoms with Gasteiger partial charge in [0, 0.05) is 40.2 Å². The molecule has 21 heavy (non-hydrogen) atoms. The third kappa shape index (κ3) is 3.96. The van der Waals surface area contributed by atoms with Crippen molar-refractivity contribution < 1.29 is 4.39 Å². The van der Waals surface area contributed by atoms with E-state index in [0.29, 0.717) is 0 Å². The standard InChI is InChI=1S/C15H16FIN2S.ClH/c16-13-4-3-11(17)10-12(13)15(14-2-1-9-20-14)19-7-5-18-6-8-19;/h1-4,9-10,15,18H,5-8H2;1H/t15-;/m1./s1. The van der Waals surface area contributed by atoms with Crippen LogP contribution in [0.25, 0.3) is 0 Å². The highest BCUT2D eigenvalue weighted by Crippen LogP contribution is 2.34. The average Bonchev–Trinajstić information content (AvgIpc) is 2.98. The summed E-state index contributed by atoms with van der Waals surface area (Å²) >= 11 is 3.95. The van der Waals surface area contributed by atoms with E-state index in [1.165, 1.54) is 4.88 Å². The van der Waals surface area contributed by atoms with Gasteiger partial charge in [0.25, 0.3) is 0 Å². The molecule has 6 heteroatoms. The number of hydrogen-bond donors (Lipinski definition) is 1. The van der Waals surface area contributed by atoms with Gasteiger partial charge in [-0.25, -0.2) is 4.39 Å². The minimum atomic E-state index is -0.109. The first-order valence-electron chi connectivity index (χ1n) is 6.69. The summed E-state index contributed by atoms with van der Waals surface area (Å²) in [6, 6.07) is 9.56. The van der Waals surface area contributed by atoms with Gasteiger partial charge in [-0.15, -0.1) is 23.7 Å². The lowest BCUT2D eigenvalue weighted by molar-refractivity contribution is 0.197. The molecule has 2 heterocycles. The van der Waals surface area contributed by atoms with E-state index < -0.39 is 0 Å². The third-order valence-corrected chi connectivity index (χ3v) is 5.18. The Labute approximate surface area is 148 Å². The molecule has 1 fully saturated rings. The van der Waals surface area contributed by atoms with E-state index in [-0.39, 0.29) is 24.3 Å². The fourth-order valence-electron chi connectivity index (χ4n) is 2.64. The van der Waals surface area contributed by atoms with Crippen molar-refractivity contribution in [2.45, 2.75) is 6.04 Å². The summed E-state index contributed by atoms with van der Waals surface area (Å²) in [5.74, 6) is -0.109. The van der Waals surface area contributed by atoms with Gasteiger partial charge in [0.1, 0.15) is 5.82 Å². The Kier molecular flexibility index (Phi) is 6.43. The fraction of sp³-hybridized carbons (Fsp3) is 0.333. The van der Waals surface area contributed by atoms with E-state index in [9.17, 15) is 4.39 Å². The molecule has 0 aliphatic carbocycles. The maximum absolute atomic E-state index is 14.3. The molecule has 0 unspecified atom stereocenters. The van der Waals surface area contributed by atoms with E-state index >= 15 is 0 Å². The molecule has 0 radical (unpaired) electrons. The van der Waals surface area contributed by atoms with E-state index in [0.717, 1.165) is 35.3 Å². The highest BCUT2D eigenvalue weighted by molar-refractivity contribution is 14.1. The average molecular weight is 439 g/mol. The Hall–Kier alpha value is -0.210. The SMILES string of the molecule is Cl.Fc1ccc(I)cc1[C@H](c1cccs1)N1CCNCC1. The van der Waals surface area contributed by atoms with Gasteiger partial charge >= 0.3 is 0 Å². The summed E-state index contributed by atoms with van der Waals surface area (Å²) in [7, 11) is 0. The van der Waals surface area contributed by atoms with Crippen LogP contribution in [0.5, 0.6) is 0 Å². The van der Waals surface area contributed by atoms with Crippen molar-refractivity contribution in [2.75, 3.05) is 26.2 Å². The lowest BCUT2D eigenvalue weighted by atomic mass is 10.0. The summed E-state index contributed by atoms with van der Waals surface area (Å²) in [4.78, 5) is 3.59. The number of rotatable bonds is 3. The van der Waals surface area contributed by atoms with Crippen LogP contribution in [-0.2, 0) is 0 Å². The van der Waals surface area contributed by atoms with Gasteiger partial charge in [-0.05, 0) is 52.2 Å². The van der Waals surface area contributed by atoms with Crippen LogP contribution >= 0.6 is 46.3 Å². The van der Waals surface area contributed by atoms with Gasteiger partial charge in [0.05, 0.1) is 6.04 Å². The van der Waals surface area contributed by atoms with Gasteiger partial charge in [-0.3, -0.25) is 4.90 Å². The first kappa shape index (κ1) is 17.1. The zero-order chi connectivity index (χ0) is 13.9. The molecular weight excluding hydrogens is 422 g/mol. The Balaban J connectivity index is 0.00000161. The van der Waals surface area contributed by atoms with Crippen LogP contribution < -0.4 is 5.32 Å². The number of nitrogens with one attached hydrogen (secondary N) is 1. The highest BCUT2D eigenvalue weighted by atomic mass is 127. The van der Waals surface area contributed by atoms with Crippen molar-refractivity contribution in [1.82, 2.24) is 10.2 Å².